The number of halogens is 3. The van der Waals surface area contributed by atoms with Crippen LogP contribution in [-0.2, 0) is 23.9 Å². The molecular weight excluding hydrogens is 321 g/mol. The summed E-state index contributed by atoms with van der Waals surface area (Å²) in [6.45, 7) is 2.90. The minimum absolute atomic E-state index is 0.0305. The Labute approximate surface area is 129 Å². The average Bonchev–Trinajstić information content (AvgIpc) is 2.87. The number of esters is 2. The molecule has 1 heterocycles. The third-order valence-corrected chi connectivity index (χ3v) is 3.43. The van der Waals surface area contributed by atoms with E-state index in [1.807, 2.05) is 0 Å². The lowest BCUT2D eigenvalue weighted by Gasteiger charge is -2.18. The van der Waals surface area contributed by atoms with E-state index < -0.39 is 36.1 Å². The molecule has 2 N–H and O–H groups in total. The van der Waals surface area contributed by atoms with Crippen LogP contribution in [0.1, 0.15) is 26.7 Å². The van der Waals surface area contributed by atoms with E-state index in [-0.39, 0.29) is 31.1 Å². The second-order valence-corrected chi connectivity index (χ2v) is 5.13. The van der Waals surface area contributed by atoms with Gasteiger partial charge in [0.15, 0.2) is 0 Å². The van der Waals surface area contributed by atoms with Gasteiger partial charge in [-0.05, 0) is 6.42 Å². The first-order valence-corrected chi connectivity index (χ1v) is 6.92. The molecule has 1 amide bonds. The summed E-state index contributed by atoms with van der Waals surface area (Å²) in [6, 6.07) is -1.84. The minimum Gasteiger partial charge on any atom is -0.385 e. The molecule has 1 fully saturated rings. The van der Waals surface area contributed by atoms with Gasteiger partial charge in [-0.25, -0.2) is 9.59 Å². The molecule has 0 saturated carbocycles. The first-order chi connectivity index (χ1) is 10.6. The molecule has 0 aliphatic carbocycles. The van der Waals surface area contributed by atoms with Gasteiger partial charge < -0.3 is 10.1 Å². The molecule has 1 saturated heterocycles. The number of ether oxygens (including phenoxy) is 1. The molecule has 0 spiro atoms. The SMILES string of the molecule is CCC(=O)[C@@H]1C[C@H](C(=O)OC(=O)C(F)(F)F)N[C@H]1CNC(C)=O. The molecule has 0 unspecified atom stereocenters. The van der Waals surface area contributed by atoms with Crippen LogP contribution in [0.15, 0.2) is 0 Å². The lowest BCUT2D eigenvalue weighted by molar-refractivity contribution is -0.202. The molecule has 23 heavy (non-hydrogen) atoms. The molecule has 1 rings (SSSR count). The predicted molar refractivity (Wildman–Crippen MR) is 70.0 cm³/mol. The monoisotopic (exact) mass is 338 g/mol. The summed E-state index contributed by atoms with van der Waals surface area (Å²) in [7, 11) is 0. The van der Waals surface area contributed by atoms with Crippen molar-refractivity contribution in [2.24, 2.45) is 5.92 Å². The van der Waals surface area contributed by atoms with Gasteiger partial charge in [-0.1, -0.05) is 6.92 Å². The molecule has 7 nitrogen and oxygen atoms in total. The fourth-order valence-electron chi connectivity index (χ4n) is 2.32. The van der Waals surface area contributed by atoms with Gasteiger partial charge in [0.1, 0.15) is 11.8 Å². The normalized spacial score (nSPS) is 24.1. The highest BCUT2D eigenvalue weighted by Gasteiger charge is 2.46. The molecule has 0 aromatic carbocycles. The van der Waals surface area contributed by atoms with Gasteiger partial charge in [0.2, 0.25) is 5.91 Å². The van der Waals surface area contributed by atoms with Crippen molar-refractivity contribution in [1.82, 2.24) is 10.6 Å². The zero-order chi connectivity index (χ0) is 17.8. The van der Waals surface area contributed by atoms with Crippen molar-refractivity contribution in [2.45, 2.75) is 44.9 Å². The van der Waals surface area contributed by atoms with E-state index in [9.17, 15) is 32.3 Å². The highest BCUT2D eigenvalue weighted by Crippen LogP contribution is 2.24. The van der Waals surface area contributed by atoms with Crippen LogP contribution in [0, 0.1) is 5.92 Å². The topological polar surface area (TPSA) is 102 Å². The summed E-state index contributed by atoms with van der Waals surface area (Å²) in [4.78, 5) is 45.1. The summed E-state index contributed by atoms with van der Waals surface area (Å²) in [5, 5.41) is 5.11. The molecule has 10 heteroatoms. The van der Waals surface area contributed by atoms with Crippen LogP contribution in [0.3, 0.4) is 0 Å². The number of Topliss-reactive ketones (excluding diaryl/α,β-unsaturated/α-hetero) is 1. The van der Waals surface area contributed by atoms with Crippen molar-refractivity contribution < 1.29 is 37.1 Å². The largest absolute Gasteiger partial charge is 0.491 e. The number of rotatable bonds is 5. The number of carbonyl (C=O) groups excluding carboxylic acids is 4. The highest BCUT2D eigenvalue weighted by molar-refractivity contribution is 5.92. The Balaban J connectivity index is 2.74. The van der Waals surface area contributed by atoms with Gasteiger partial charge in [0, 0.05) is 31.8 Å². The number of carbonyl (C=O) groups is 4. The lowest BCUT2D eigenvalue weighted by Crippen LogP contribution is -2.45. The number of hydrogen-bond acceptors (Lipinski definition) is 6. The Bertz CT molecular complexity index is 506. The highest BCUT2D eigenvalue weighted by atomic mass is 19.4. The number of nitrogens with one attached hydrogen (secondary N) is 2. The molecular formula is C13H17F3N2O5. The van der Waals surface area contributed by atoms with Crippen LogP contribution < -0.4 is 10.6 Å². The second-order valence-electron chi connectivity index (χ2n) is 5.13. The minimum atomic E-state index is -5.28. The van der Waals surface area contributed by atoms with Crippen molar-refractivity contribution in [3.63, 3.8) is 0 Å². The summed E-state index contributed by atoms with van der Waals surface area (Å²) < 4.78 is 40.1. The van der Waals surface area contributed by atoms with Gasteiger partial charge in [-0.15, -0.1) is 0 Å². The van der Waals surface area contributed by atoms with Crippen molar-refractivity contribution >= 4 is 23.6 Å². The Kier molecular flexibility index (Phi) is 6.25. The Morgan fingerprint density at radius 3 is 2.35 bits per heavy atom. The molecule has 0 radical (unpaired) electrons. The maximum absolute atomic E-state index is 12.1. The van der Waals surface area contributed by atoms with E-state index in [0.717, 1.165) is 0 Å². The first kappa shape index (κ1) is 19.1. The fraction of sp³-hybridized carbons (Fsp3) is 0.692. The van der Waals surface area contributed by atoms with Gasteiger partial charge in [0.25, 0.3) is 0 Å². The molecule has 0 aromatic rings. The third kappa shape index (κ3) is 5.31. The summed E-state index contributed by atoms with van der Waals surface area (Å²) in [6.07, 6.45) is -5.20. The van der Waals surface area contributed by atoms with E-state index in [1.54, 1.807) is 6.92 Å². The van der Waals surface area contributed by atoms with E-state index >= 15 is 0 Å². The van der Waals surface area contributed by atoms with Crippen LogP contribution in [-0.4, -0.2) is 48.4 Å². The van der Waals surface area contributed by atoms with Crippen molar-refractivity contribution in [1.29, 1.82) is 0 Å². The van der Waals surface area contributed by atoms with Crippen LogP contribution in [0.2, 0.25) is 0 Å². The predicted octanol–water partition coefficient (Wildman–Crippen LogP) is 0.0804. The van der Waals surface area contributed by atoms with Gasteiger partial charge in [0.05, 0.1) is 0 Å². The van der Waals surface area contributed by atoms with Gasteiger partial charge >= 0.3 is 18.1 Å². The van der Waals surface area contributed by atoms with Gasteiger partial charge in [-0.3, -0.25) is 14.9 Å². The van der Waals surface area contributed by atoms with Crippen molar-refractivity contribution in [2.75, 3.05) is 6.54 Å². The van der Waals surface area contributed by atoms with Crippen LogP contribution in [0.5, 0.6) is 0 Å². The number of alkyl halides is 3. The smallest absolute Gasteiger partial charge is 0.385 e. The van der Waals surface area contributed by atoms with Crippen LogP contribution >= 0.6 is 0 Å². The zero-order valence-electron chi connectivity index (χ0n) is 12.5. The Hall–Kier alpha value is -1.97. The van der Waals surface area contributed by atoms with E-state index in [4.69, 9.17) is 0 Å². The first-order valence-electron chi connectivity index (χ1n) is 6.92. The summed E-state index contributed by atoms with van der Waals surface area (Å²) in [5.41, 5.74) is 0. The molecule has 0 bridgehead atoms. The zero-order valence-corrected chi connectivity index (χ0v) is 12.5. The Morgan fingerprint density at radius 1 is 1.26 bits per heavy atom. The molecule has 0 aromatic heterocycles. The second kappa shape index (κ2) is 7.53. The molecule has 1 aliphatic rings. The van der Waals surface area contributed by atoms with Crippen molar-refractivity contribution in [3.8, 4) is 0 Å². The number of hydrogen-bond donors (Lipinski definition) is 2. The maximum atomic E-state index is 12.1. The van der Waals surface area contributed by atoms with E-state index in [0.29, 0.717) is 0 Å². The third-order valence-electron chi connectivity index (χ3n) is 3.43. The quantitative estimate of drug-likeness (QED) is 0.544. The maximum Gasteiger partial charge on any atom is 0.491 e. The number of amides is 1. The lowest BCUT2D eigenvalue weighted by atomic mass is 9.92. The summed E-state index contributed by atoms with van der Waals surface area (Å²) >= 11 is 0. The molecule has 3 atom stereocenters. The fourth-order valence-corrected chi connectivity index (χ4v) is 2.32. The molecule has 1 aliphatic heterocycles. The standard InChI is InChI=1S/C13H17F3N2O5/c1-3-10(20)7-4-8(18-9(7)5-17-6(2)19)11(21)23-12(22)13(14,15)16/h7-9,18H,3-5H2,1-2H3,(H,17,19)/t7-,8-,9+/m1/s1. The van der Waals surface area contributed by atoms with Gasteiger partial charge in [-0.2, -0.15) is 13.2 Å². The molecule has 130 valence electrons. The number of ketones is 1. The van der Waals surface area contributed by atoms with E-state index in [1.165, 1.54) is 6.92 Å². The summed E-state index contributed by atoms with van der Waals surface area (Å²) in [5.74, 6) is -5.22. The van der Waals surface area contributed by atoms with Crippen LogP contribution in [0.4, 0.5) is 13.2 Å². The van der Waals surface area contributed by atoms with Crippen molar-refractivity contribution in [3.05, 3.63) is 0 Å². The van der Waals surface area contributed by atoms with E-state index in [2.05, 4.69) is 15.4 Å². The van der Waals surface area contributed by atoms with Crippen LogP contribution in [0.25, 0.3) is 0 Å². The average molecular weight is 338 g/mol. The Morgan fingerprint density at radius 2 is 1.87 bits per heavy atom.